The van der Waals surface area contributed by atoms with Crippen LogP contribution in [0.3, 0.4) is 0 Å². The van der Waals surface area contributed by atoms with Crippen molar-refractivity contribution in [2.75, 3.05) is 19.0 Å². The fourth-order valence-electron chi connectivity index (χ4n) is 3.62. The third-order valence-corrected chi connectivity index (χ3v) is 5.33. The molecule has 0 aliphatic carbocycles. The van der Waals surface area contributed by atoms with E-state index in [1.807, 2.05) is 6.92 Å². The van der Waals surface area contributed by atoms with Crippen LogP contribution in [-0.4, -0.2) is 43.2 Å². The number of aryl methyl sites for hydroxylation is 1. The average molecular weight is 489 g/mol. The van der Waals surface area contributed by atoms with E-state index in [1.165, 1.54) is 30.6 Å². The van der Waals surface area contributed by atoms with Gasteiger partial charge in [-0.3, -0.25) is 0 Å². The summed E-state index contributed by atoms with van der Waals surface area (Å²) in [6.07, 6.45) is -4.03. The van der Waals surface area contributed by atoms with Gasteiger partial charge in [0.15, 0.2) is 5.82 Å². The lowest BCUT2D eigenvalue weighted by Gasteiger charge is -2.11. The molecule has 0 saturated carbocycles. The Labute approximate surface area is 198 Å². The van der Waals surface area contributed by atoms with E-state index >= 15 is 0 Å². The van der Waals surface area contributed by atoms with Gasteiger partial charge in [0.05, 0.1) is 24.5 Å². The van der Waals surface area contributed by atoms with E-state index in [-0.39, 0.29) is 17.1 Å². The molecular weight excluding hydrogens is 466 g/mol. The Morgan fingerprint density at radius 1 is 0.971 bits per heavy atom. The summed E-state index contributed by atoms with van der Waals surface area (Å²) in [6, 6.07) is 8.72. The summed E-state index contributed by atoms with van der Waals surface area (Å²) in [5.74, 6) is 1.10. The van der Waals surface area contributed by atoms with Gasteiger partial charge in [-0.1, -0.05) is 24.3 Å². The van der Waals surface area contributed by atoms with E-state index in [0.29, 0.717) is 41.7 Å². The zero-order valence-electron chi connectivity index (χ0n) is 19.2. The molecule has 0 unspecified atom stereocenters. The molecule has 8 nitrogen and oxygen atoms in total. The molecule has 3 aromatic heterocycles. The molecule has 35 heavy (non-hydrogen) atoms. The van der Waals surface area contributed by atoms with E-state index in [4.69, 9.17) is 4.74 Å². The molecule has 0 radical (unpaired) electrons. The zero-order chi connectivity index (χ0) is 25.1. The Hall–Kier alpha value is -3.80. The highest BCUT2D eigenvalue weighted by atomic mass is 19.3. The van der Waals surface area contributed by atoms with Gasteiger partial charge in [0.1, 0.15) is 23.7 Å². The smallest absolute Gasteiger partial charge is 0.280 e. The Morgan fingerprint density at radius 3 is 2.37 bits per heavy atom. The molecule has 0 amide bonds. The number of nitrogens with one attached hydrogen (secondary N) is 1. The molecule has 0 atom stereocenters. The van der Waals surface area contributed by atoms with Crippen LogP contribution in [0.15, 0.2) is 42.7 Å². The molecule has 184 valence electrons. The van der Waals surface area contributed by atoms with Gasteiger partial charge in [-0.25, -0.2) is 36.9 Å². The number of hydrogen-bond donors (Lipinski definition) is 1. The Morgan fingerprint density at radius 2 is 1.71 bits per heavy atom. The largest absolute Gasteiger partial charge is 0.383 e. The second-order valence-electron chi connectivity index (χ2n) is 7.77. The third kappa shape index (κ3) is 5.16. The molecule has 0 spiro atoms. The average Bonchev–Trinajstić information content (AvgIpc) is 3.38. The second-order valence-corrected chi connectivity index (χ2v) is 7.77. The number of aromatic nitrogens is 6. The van der Waals surface area contributed by atoms with Crippen LogP contribution in [0.2, 0.25) is 0 Å². The molecule has 4 aromatic rings. The summed E-state index contributed by atoms with van der Waals surface area (Å²) in [5, 5.41) is 11.9. The first kappa shape index (κ1) is 24.3. The topological polar surface area (TPSA) is 82.7 Å². The normalized spacial score (nSPS) is 11.6. The lowest BCUT2D eigenvalue weighted by atomic mass is 10.1. The van der Waals surface area contributed by atoms with Crippen molar-refractivity contribution < 1.29 is 22.3 Å². The van der Waals surface area contributed by atoms with Crippen molar-refractivity contribution in [1.82, 2.24) is 29.5 Å². The quantitative estimate of drug-likeness (QED) is 0.317. The second kappa shape index (κ2) is 10.2. The van der Waals surface area contributed by atoms with Crippen LogP contribution >= 0.6 is 0 Å². The number of ether oxygens (including phenoxy) is 1. The van der Waals surface area contributed by atoms with Crippen LogP contribution in [0.25, 0.3) is 17.1 Å². The van der Waals surface area contributed by atoms with Crippen molar-refractivity contribution in [1.29, 1.82) is 0 Å². The van der Waals surface area contributed by atoms with Crippen molar-refractivity contribution in [2.24, 2.45) is 0 Å². The number of methoxy groups -OCH3 is 1. The van der Waals surface area contributed by atoms with Crippen molar-refractivity contribution >= 4 is 11.6 Å². The molecule has 3 heterocycles. The number of alkyl halides is 4. The first-order valence-corrected chi connectivity index (χ1v) is 10.7. The van der Waals surface area contributed by atoms with Crippen molar-refractivity contribution in [3.8, 4) is 17.1 Å². The molecule has 1 N–H and O–H groups in total. The highest BCUT2D eigenvalue weighted by Crippen LogP contribution is 2.31. The van der Waals surface area contributed by atoms with Gasteiger partial charge in [-0.05, 0) is 19.9 Å². The molecule has 0 saturated heterocycles. The fraction of sp³-hybridized carbons (Fsp3) is 0.304. The number of nitrogens with zero attached hydrogens (tertiary/aromatic N) is 6. The summed E-state index contributed by atoms with van der Waals surface area (Å²) in [4.78, 5) is 8.30. The van der Waals surface area contributed by atoms with E-state index in [2.05, 4.69) is 25.5 Å². The van der Waals surface area contributed by atoms with Gasteiger partial charge in [0.2, 0.25) is 0 Å². The molecule has 0 aliphatic heterocycles. The summed E-state index contributed by atoms with van der Waals surface area (Å²) in [6.45, 7) is 4.23. The van der Waals surface area contributed by atoms with E-state index < -0.39 is 12.9 Å². The molecule has 0 aliphatic rings. The summed E-state index contributed by atoms with van der Waals surface area (Å²) in [7, 11) is 1.57. The third-order valence-electron chi connectivity index (χ3n) is 5.33. The van der Waals surface area contributed by atoms with Crippen molar-refractivity contribution in [3.63, 3.8) is 0 Å². The number of rotatable bonds is 9. The first-order valence-electron chi connectivity index (χ1n) is 10.7. The van der Waals surface area contributed by atoms with Gasteiger partial charge in [-0.2, -0.15) is 10.2 Å². The summed E-state index contributed by atoms with van der Waals surface area (Å²) in [5.41, 5.74) is 2.10. The number of anilines is 2. The first-order chi connectivity index (χ1) is 16.8. The Kier molecular flexibility index (Phi) is 7.10. The van der Waals surface area contributed by atoms with Crippen LogP contribution in [0.1, 0.15) is 35.4 Å². The van der Waals surface area contributed by atoms with Crippen LogP contribution in [0.5, 0.6) is 0 Å². The molecular formula is C23H23F4N7O. The molecule has 4 rings (SSSR count). The molecule has 0 fully saturated rings. The minimum absolute atomic E-state index is 0.0749. The predicted molar refractivity (Wildman–Crippen MR) is 121 cm³/mol. The van der Waals surface area contributed by atoms with Gasteiger partial charge in [0, 0.05) is 29.9 Å². The highest BCUT2D eigenvalue weighted by Gasteiger charge is 2.20. The predicted octanol–water partition coefficient (Wildman–Crippen LogP) is 5.41. The van der Waals surface area contributed by atoms with Gasteiger partial charge < -0.3 is 10.1 Å². The fourth-order valence-corrected chi connectivity index (χ4v) is 3.62. The van der Waals surface area contributed by atoms with Crippen LogP contribution < -0.4 is 5.32 Å². The minimum Gasteiger partial charge on any atom is -0.383 e. The minimum atomic E-state index is -2.72. The van der Waals surface area contributed by atoms with Crippen LogP contribution in [-0.2, 0) is 11.3 Å². The Balaban J connectivity index is 1.70. The highest BCUT2D eigenvalue weighted by molar-refractivity contribution is 5.71. The van der Waals surface area contributed by atoms with E-state index in [9.17, 15) is 17.6 Å². The Bertz CT molecular complexity index is 1300. The number of hydrogen-bond acceptors (Lipinski definition) is 6. The molecule has 12 heteroatoms. The molecule has 1 aromatic carbocycles. The lowest BCUT2D eigenvalue weighted by molar-refractivity contribution is 0.142. The standard InChI is InChI=1S/C23H23F4N7O/c1-13-10-17(22(26)27)34(31-13)19-11-18(28-12-29-19)30-23-14(2)20(32-33(23)8-9-35-3)15-4-6-16(7-5-15)21(24)25/h4-7,10-12,21-22H,8-9H2,1-3H3,(H,28,29,30). The van der Waals surface area contributed by atoms with Crippen molar-refractivity contribution in [3.05, 3.63) is 65.2 Å². The maximum atomic E-state index is 13.4. The van der Waals surface area contributed by atoms with Crippen molar-refractivity contribution in [2.45, 2.75) is 33.2 Å². The number of benzene rings is 1. The molecule has 0 bridgehead atoms. The maximum Gasteiger partial charge on any atom is 0.280 e. The lowest BCUT2D eigenvalue weighted by Crippen LogP contribution is -2.11. The number of halogens is 4. The van der Waals surface area contributed by atoms with Gasteiger partial charge in [-0.15, -0.1) is 0 Å². The zero-order valence-corrected chi connectivity index (χ0v) is 19.2. The van der Waals surface area contributed by atoms with Gasteiger partial charge in [0.25, 0.3) is 12.9 Å². The van der Waals surface area contributed by atoms with Crippen LogP contribution in [0.4, 0.5) is 29.2 Å². The summed E-state index contributed by atoms with van der Waals surface area (Å²) >= 11 is 0. The van der Waals surface area contributed by atoms with E-state index in [1.54, 1.807) is 30.8 Å². The van der Waals surface area contributed by atoms with E-state index in [0.717, 1.165) is 10.2 Å². The maximum absolute atomic E-state index is 13.4. The SMILES string of the molecule is COCCn1nc(-c2ccc(C(F)F)cc2)c(C)c1Nc1cc(-n2nc(C)cc2C(F)F)ncn1. The summed E-state index contributed by atoms with van der Waals surface area (Å²) < 4.78 is 60.7. The van der Waals surface area contributed by atoms with Gasteiger partial charge >= 0.3 is 0 Å². The monoisotopic (exact) mass is 489 g/mol. The van der Waals surface area contributed by atoms with Crippen LogP contribution in [0, 0.1) is 13.8 Å².